The number of halogens is 1. The van der Waals surface area contributed by atoms with Crippen LogP contribution in [-0.4, -0.2) is 34.3 Å². The van der Waals surface area contributed by atoms with Gasteiger partial charge in [0, 0.05) is 25.4 Å². The molecule has 0 saturated carbocycles. The normalized spacial score (nSPS) is 16.0. The highest BCUT2D eigenvalue weighted by molar-refractivity contribution is 7.12. The summed E-state index contributed by atoms with van der Waals surface area (Å²) in [6.45, 7) is 0.895. The van der Waals surface area contributed by atoms with Crippen LogP contribution >= 0.6 is 11.3 Å². The molecule has 1 aliphatic heterocycles. The molecule has 1 fully saturated rings. The number of ether oxygens (including phenoxy) is 1. The third-order valence-electron chi connectivity index (χ3n) is 5.10. The maximum atomic E-state index is 13.0. The van der Waals surface area contributed by atoms with Crippen LogP contribution in [0.2, 0.25) is 0 Å². The Kier molecular flexibility index (Phi) is 6.57. The summed E-state index contributed by atoms with van der Waals surface area (Å²) in [5.41, 5.74) is 0.812. The third-order valence-corrected chi connectivity index (χ3v) is 5.96. The first-order valence-corrected chi connectivity index (χ1v) is 11.0. The molecule has 3 heterocycles. The lowest BCUT2D eigenvalue weighted by molar-refractivity contribution is -0.126. The van der Waals surface area contributed by atoms with Crippen molar-refractivity contribution in [3.8, 4) is 11.6 Å². The fourth-order valence-corrected chi connectivity index (χ4v) is 4.17. The Morgan fingerprint density at radius 3 is 2.71 bits per heavy atom. The molecule has 0 bridgehead atoms. The van der Waals surface area contributed by atoms with Crippen molar-refractivity contribution in [2.24, 2.45) is 0 Å². The van der Waals surface area contributed by atoms with Crippen LogP contribution in [0.25, 0.3) is 0 Å². The van der Waals surface area contributed by atoms with Gasteiger partial charge in [-0.3, -0.25) is 9.59 Å². The standard InChI is InChI=1S/C23H22FN3O3S/c24-17-7-9-18(10-8-17)30-21-11-6-16(14-25-21)15-26-22(28)19-4-1-2-12-27(19)23(29)20-5-3-13-31-20/h3,5-11,13-14,19H,1-2,4,12,15H2,(H,26,28). The van der Waals surface area contributed by atoms with Gasteiger partial charge in [-0.2, -0.15) is 0 Å². The number of benzene rings is 1. The lowest BCUT2D eigenvalue weighted by Crippen LogP contribution is -2.51. The lowest BCUT2D eigenvalue weighted by Gasteiger charge is -2.34. The van der Waals surface area contributed by atoms with Gasteiger partial charge in [-0.1, -0.05) is 12.1 Å². The second-order valence-corrected chi connectivity index (χ2v) is 8.21. The zero-order valence-electron chi connectivity index (χ0n) is 16.8. The smallest absolute Gasteiger partial charge is 0.264 e. The number of nitrogens with one attached hydrogen (secondary N) is 1. The minimum atomic E-state index is -0.461. The van der Waals surface area contributed by atoms with Crippen LogP contribution in [0.4, 0.5) is 4.39 Å². The van der Waals surface area contributed by atoms with Gasteiger partial charge in [-0.25, -0.2) is 9.37 Å². The van der Waals surface area contributed by atoms with E-state index in [-0.39, 0.29) is 17.6 Å². The highest BCUT2D eigenvalue weighted by atomic mass is 32.1. The van der Waals surface area contributed by atoms with Crippen molar-refractivity contribution in [3.05, 3.63) is 76.4 Å². The number of carbonyl (C=O) groups excluding carboxylic acids is 2. The maximum Gasteiger partial charge on any atom is 0.264 e. The zero-order valence-corrected chi connectivity index (χ0v) is 17.6. The van der Waals surface area contributed by atoms with Gasteiger partial charge in [0.2, 0.25) is 11.8 Å². The van der Waals surface area contributed by atoms with E-state index in [2.05, 4.69) is 10.3 Å². The van der Waals surface area contributed by atoms with Crippen molar-refractivity contribution in [2.75, 3.05) is 6.54 Å². The van der Waals surface area contributed by atoms with Crippen molar-refractivity contribution in [1.29, 1.82) is 0 Å². The van der Waals surface area contributed by atoms with Crippen LogP contribution in [0.1, 0.15) is 34.5 Å². The van der Waals surface area contributed by atoms with Crippen molar-refractivity contribution in [3.63, 3.8) is 0 Å². The summed E-state index contributed by atoms with van der Waals surface area (Å²) in [5.74, 6) is 0.291. The third kappa shape index (κ3) is 5.27. The van der Waals surface area contributed by atoms with E-state index in [9.17, 15) is 14.0 Å². The van der Waals surface area contributed by atoms with Gasteiger partial charge in [0.15, 0.2) is 0 Å². The van der Waals surface area contributed by atoms with Gasteiger partial charge in [0.1, 0.15) is 17.6 Å². The molecule has 1 atom stereocenters. The molecule has 0 spiro atoms. The van der Waals surface area contributed by atoms with Crippen LogP contribution in [0, 0.1) is 5.82 Å². The Bertz CT molecular complexity index is 1020. The minimum Gasteiger partial charge on any atom is -0.439 e. The number of aromatic nitrogens is 1. The molecule has 160 valence electrons. The number of amides is 2. The number of nitrogens with zero attached hydrogens (tertiary/aromatic N) is 2. The van der Waals surface area contributed by atoms with Crippen molar-refractivity contribution in [2.45, 2.75) is 31.8 Å². The molecule has 8 heteroatoms. The first kappa shape index (κ1) is 21.0. The largest absolute Gasteiger partial charge is 0.439 e. The van der Waals surface area contributed by atoms with Crippen LogP contribution in [0.5, 0.6) is 11.6 Å². The highest BCUT2D eigenvalue weighted by Gasteiger charge is 2.32. The van der Waals surface area contributed by atoms with E-state index in [0.717, 1.165) is 18.4 Å². The zero-order chi connectivity index (χ0) is 21.6. The molecule has 1 saturated heterocycles. The Balaban J connectivity index is 1.34. The lowest BCUT2D eigenvalue weighted by atomic mass is 10.0. The first-order chi connectivity index (χ1) is 15.1. The molecule has 1 aromatic carbocycles. The number of rotatable bonds is 6. The molecular weight excluding hydrogens is 417 g/mol. The predicted molar refractivity (Wildman–Crippen MR) is 116 cm³/mol. The summed E-state index contributed by atoms with van der Waals surface area (Å²) in [7, 11) is 0. The molecule has 0 aliphatic carbocycles. The van der Waals surface area contributed by atoms with Crippen molar-refractivity contribution in [1.82, 2.24) is 15.2 Å². The summed E-state index contributed by atoms with van der Waals surface area (Å²) < 4.78 is 18.6. The summed E-state index contributed by atoms with van der Waals surface area (Å²) in [6, 6.07) is 12.4. The SMILES string of the molecule is O=C(NCc1ccc(Oc2ccc(F)cc2)nc1)C1CCCCN1C(=O)c1cccs1. The van der Waals surface area contributed by atoms with Gasteiger partial charge in [-0.15, -0.1) is 11.3 Å². The van der Waals surface area contributed by atoms with Gasteiger partial charge in [-0.05, 0) is 60.5 Å². The fourth-order valence-electron chi connectivity index (χ4n) is 3.50. The van der Waals surface area contributed by atoms with Gasteiger partial charge >= 0.3 is 0 Å². The summed E-state index contributed by atoms with van der Waals surface area (Å²) in [5, 5.41) is 4.79. The van der Waals surface area contributed by atoms with E-state index >= 15 is 0 Å². The fraction of sp³-hybridized carbons (Fsp3) is 0.261. The van der Waals surface area contributed by atoms with Gasteiger partial charge < -0.3 is 15.0 Å². The molecule has 6 nitrogen and oxygen atoms in total. The molecule has 0 radical (unpaired) electrons. The Hall–Kier alpha value is -3.26. The first-order valence-electron chi connectivity index (χ1n) is 10.1. The number of thiophene rings is 1. The van der Waals surface area contributed by atoms with E-state index in [1.54, 1.807) is 23.2 Å². The number of carbonyl (C=O) groups is 2. The van der Waals surface area contributed by atoms with Crippen LogP contribution in [-0.2, 0) is 11.3 Å². The van der Waals surface area contributed by atoms with Crippen LogP contribution in [0.3, 0.4) is 0 Å². The van der Waals surface area contributed by atoms with Crippen molar-refractivity contribution >= 4 is 23.2 Å². The van der Waals surface area contributed by atoms with E-state index in [4.69, 9.17) is 4.74 Å². The van der Waals surface area contributed by atoms with Crippen LogP contribution < -0.4 is 10.1 Å². The summed E-state index contributed by atoms with van der Waals surface area (Å²) >= 11 is 1.39. The second kappa shape index (κ2) is 9.70. The number of pyridine rings is 1. The van der Waals surface area contributed by atoms with Gasteiger partial charge in [0.25, 0.3) is 5.91 Å². The molecule has 4 rings (SSSR count). The molecule has 1 aliphatic rings. The average Bonchev–Trinajstić information content (AvgIpc) is 3.34. The number of piperidine rings is 1. The molecule has 1 unspecified atom stereocenters. The summed E-state index contributed by atoms with van der Waals surface area (Å²) in [4.78, 5) is 32.2. The monoisotopic (exact) mass is 439 g/mol. The number of likely N-dealkylation sites (tertiary alicyclic amines) is 1. The van der Waals surface area contributed by atoms with E-state index < -0.39 is 6.04 Å². The molecule has 3 aromatic rings. The van der Waals surface area contributed by atoms with E-state index in [1.165, 1.54) is 35.6 Å². The average molecular weight is 440 g/mol. The number of hydrogen-bond donors (Lipinski definition) is 1. The number of hydrogen-bond acceptors (Lipinski definition) is 5. The molecule has 2 amide bonds. The van der Waals surface area contributed by atoms with E-state index in [0.29, 0.717) is 36.0 Å². The highest BCUT2D eigenvalue weighted by Crippen LogP contribution is 2.22. The Morgan fingerprint density at radius 1 is 1.16 bits per heavy atom. The van der Waals surface area contributed by atoms with E-state index in [1.807, 2.05) is 17.5 Å². The van der Waals surface area contributed by atoms with Gasteiger partial charge in [0.05, 0.1) is 4.88 Å². The Morgan fingerprint density at radius 2 is 2.00 bits per heavy atom. The second-order valence-electron chi connectivity index (χ2n) is 7.27. The molecule has 1 N–H and O–H groups in total. The Labute approximate surface area is 183 Å². The quantitative estimate of drug-likeness (QED) is 0.619. The topological polar surface area (TPSA) is 71.5 Å². The molecule has 31 heavy (non-hydrogen) atoms. The molecule has 2 aromatic heterocycles. The maximum absolute atomic E-state index is 13.0. The van der Waals surface area contributed by atoms with Crippen LogP contribution in [0.15, 0.2) is 60.1 Å². The van der Waals surface area contributed by atoms with Crippen molar-refractivity contribution < 1.29 is 18.7 Å². The minimum absolute atomic E-state index is 0.0844. The molecular formula is C23H22FN3O3S. The predicted octanol–water partition coefficient (Wildman–Crippen LogP) is 4.39. The summed E-state index contributed by atoms with van der Waals surface area (Å²) in [6.07, 6.45) is 4.10.